The van der Waals surface area contributed by atoms with Crippen LogP contribution in [-0.2, 0) is 21.8 Å². The number of aromatic nitrogens is 3. The van der Waals surface area contributed by atoms with Gasteiger partial charge in [0.15, 0.2) is 5.69 Å². The van der Waals surface area contributed by atoms with Crippen molar-refractivity contribution in [3.8, 4) is 11.4 Å². The Bertz CT molecular complexity index is 1520. The second-order valence-corrected chi connectivity index (χ2v) is 11.4. The fourth-order valence-electron chi connectivity index (χ4n) is 4.55. The third kappa shape index (κ3) is 5.04. The first kappa shape index (κ1) is 25.5. The van der Waals surface area contributed by atoms with E-state index < -0.39 is 10.0 Å². The lowest BCUT2D eigenvalue weighted by Crippen LogP contribution is -2.41. The third-order valence-corrected chi connectivity index (χ3v) is 8.99. The highest BCUT2D eigenvalue weighted by atomic mass is 32.2. The highest BCUT2D eigenvalue weighted by Gasteiger charge is 2.27. The molecule has 0 atom stereocenters. The number of morpholine rings is 1. The van der Waals surface area contributed by atoms with Crippen LogP contribution >= 0.6 is 11.8 Å². The molecule has 1 N–H and O–H groups in total. The number of fused-ring (bicyclic) bond motifs is 1. The number of hydrogen-bond acceptors (Lipinski definition) is 7. The molecule has 0 unspecified atom stereocenters. The summed E-state index contributed by atoms with van der Waals surface area (Å²) in [6.07, 6.45) is 1.96. The van der Waals surface area contributed by atoms with Crippen molar-refractivity contribution in [1.29, 1.82) is 0 Å². The molecule has 1 aliphatic heterocycles. The molecule has 194 valence electrons. The number of carbonyl (C=O) groups is 1. The summed E-state index contributed by atoms with van der Waals surface area (Å²) in [5, 5.41) is 8.17. The zero-order valence-corrected chi connectivity index (χ0v) is 22.4. The summed E-state index contributed by atoms with van der Waals surface area (Å²) in [5.74, 6) is -0.298. The van der Waals surface area contributed by atoms with Crippen LogP contribution in [-0.4, -0.2) is 78.6 Å². The van der Waals surface area contributed by atoms with Crippen molar-refractivity contribution in [3.63, 3.8) is 0 Å². The first-order valence-corrected chi connectivity index (χ1v) is 14.7. The maximum Gasteiger partial charge on any atom is 0.271 e. The minimum absolute atomic E-state index is 0.187. The number of nitrogens with one attached hydrogen (secondary N) is 1. The van der Waals surface area contributed by atoms with Crippen LogP contribution < -0.4 is 5.32 Å². The molecule has 0 saturated carbocycles. The van der Waals surface area contributed by atoms with E-state index in [1.165, 1.54) is 3.97 Å². The highest BCUT2D eigenvalue weighted by molar-refractivity contribution is 7.98. The number of amides is 1. The molecule has 1 fully saturated rings. The molecule has 5 rings (SSSR count). The van der Waals surface area contributed by atoms with Gasteiger partial charge >= 0.3 is 0 Å². The minimum Gasteiger partial charge on any atom is -0.379 e. The zero-order valence-electron chi connectivity index (χ0n) is 20.8. The molecular weight excluding hydrogens is 510 g/mol. The molecule has 11 heteroatoms. The first-order chi connectivity index (χ1) is 17.9. The fraction of sp³-hybridized carbons (Fsp3) is 0.308. The highest BCUT2D eigenvalue weighted by Crippen LogP contribution is 2.36. The quantitative estimate of drug-likeness (QED) is 0.344. The van der Waals surface area contributed by atoms with E-state index in [9.17, 15) is 13.2 Å². The van der Waals surface area contributed by atoms with E-state index in [0.29, 0.717) is 36.7 Å². The van der Waals surface area contributed by atoms with Crippen LogP contribution in [0.2, 0.25) is 0 Å². The van der Waals surface area contributed by atoms with Gasteiger partial charge in [0.25, 0.3) is 15.9 Å². The molecular formula is C26H29N5O4S2. The Kier molecular flexibility index (Phi) is 7.38. The van der Waals surface area contributed by atoms with Gasteiger partial charge in [-0.3, -0.25) is 14.4 Å². The summed E-state index contributed by atoms with van der Waals surface area (Å²) in [7, 11) is -2.22. The standard InChI is InChI=1S/C26H29N5O4S2/c1-29-23(18-21(28-29)26(32)27-11-12-30-13-15-35-16-14-30)24-17-20-22(9-6-10-25(20)36-2)31(24)37(33,34)19-7-4-3-5-8-19/h3-10,17-18H,11-16H2,1-2H3,(H,27,32). The molecule has 0 radical (unpaired) electrons. The second kappa shape index (κ2) is 10.7. The molecule has 3 heterocycles. The molecule has 1 saturated heterocycles. The van der Waals surface area contributed by atoms with Gasteiger partial charge in [0.2, 0.25) is 0 Å². The van der Waals surface area contributed by atoms with Crippen LogP contribution in [0.4, 0.5) is 0 Å². The Morgan fingerprint density at radius 3 is 2.54 bits per heavy atom. The summed E-state index contributed by atoms with van der Waals surface area (Å²) < 4.78 is 36.0. The molecule has 1 aliphatic rings. The van der Waals surface area contributed by atoms with Gasteiger partial charge in [-0.05, 0) is 42.7 Å². The summed E-state index contributed by atoms with van der Waals surface area (Å²) in [6, 6.07) is 17.5. The van der Waals surface area contributed by atoms with Gasteiger partial charge in [-0.1, -0.05) is 24.3 Å². The predicted octanol–water partition coefficient (Wildman–Crippen LogP) is 3.06. The Morgan fingerprint density at radius 2 is 1.81 bits per heavy atom. The van der Waals surface area contributed by atoms with E-state index in [4.69, 9.17) is 4.74 Å². The number of carbonyl (C=O) groups excluding carboxylic acids is 1. The third-order valence-electron chi connectivity index (χ3n) is 6.46. The maximum absolute atomic E-state index is 13.9. The average molecular weight is 540 g/mol. The second-order valence-electron chi connectivity index (χ2n) is 8.75. The number of hydrogen-bond donors (Lipinski definition) is 1. The largest absolute Gasteiger partial charge is 0.379 e. The number of thioether (sulfide) groups is 1. The van der Waals surface area contributed by atoms with Crippen molar-refractivity contribution in [3.05, 3.63) is 66.4 Å². The van der Waals surface area contributed by atoms with Gasteiger partial charge in [0.05, 0.1) is 35.0 Å². The van der Waals surface area contributed by atoms with Gasteiger partial charge in [-0.15, -0.1) is 11.8 Å². The van der Waals surface area contributed by atoms with Crippen molar-refractivity contribution < 1.29 is 17.9 Å². The van der Waals surface area contributed by atoms with Crippen molar-refractivity contribution in [2.45, 2.75) is 9.79 Å². The molecule has 0 bridgehead atoms. The topological polar surface area (TPSA) is 98.5 Å². The van der Waals surface area contributed by atoms with E-state index in [2.05, 4.69) is 15.3 Å². The Balaban J connectivity index is 1.52. The number of ether oxygens (including phenoxy) is 1. The molecule has 2 aromatic carbocycles. The van der Waals surface area contributed by atoms with Crippen molar-refractivity contribution in [2.75, 3.05) is 45.6 Å². The number of nitrogens with zero attached hydrogens (tertiary/aromatic N) is 4. The van der Waals surface area contributed by atoms with Crippen LogP contribution in [0.5, 0.6) is 0 Å². The SMILES string of the molecule is CSc1cccc2c1cc(-c1cc(C(=O)NCCN3CCOCC3)nn1C)n2S(=O)(=O)c1ccccc1. The zero-order chi connectivity index (χ0) is 26.0. The summed E-state index contributed by atoms with van der Waals surface area (Å²) in [5.41, 5.74) is 1.78. The van der Waals surface area contributed by atoms with Crippen molar-refractivity contribution in [1.82, 2.24) is 24.0 Å². The Morgan fingerprint density at radius 1 is 1.05 bits per heavy atom. The number of rotatable bonds is 8. The van der Waals surface area contributed by atoms with Gasteiger partial charge in [-0.2, -0.15) is 5.10 Å². The van der Waals surface area contributed by atoms with Crippen LogP contribution in [0.1, 0.15) is 10.5 Å². The van der Waals surface area contributed by atoms with E-state index in [0.717, 1.165) is 29.9 Å². The molecule has 0 aliphatic carbocycles. The molecule has 9 nitrogen and oxygen atoms in total. The Labute approximate surface area is 220 Å². The van der Waals surface area contributed by atoms with Gasteiger partial charge < -0.3 is 10.1 Å². The normalized spacial score (nSPS) is 14.8. The summed E-state index contributed by atoms with van der Waals surface area (Å²) in [4.78, 5) is 16.3. The first-order valence-electron chi connectivity index (χ1n) is 12.0. The van der Waals surface area contributed by atoms with Crippen LogP contribution in [0.25, 0.3) is 22.3 Å². The van der Waals surface area contributed by atoms with Crippen molar-refractivity contribution in [2.24, 2.45) is 7.05 Å². The van der Waals surface area contributed by atoms with E-state index in [1.54, 1.807) is 66.0 Å². The van der Waals surface area contributed by atoms with Gasteiger partial charge in [0, 0.05) is 43.5 Å². The summed E-state index contributed by atoms with van der Waals surface area (Å²) in [6.45, 7) is 4.33. The molecule has 0 spiro atoms. The Hall–Kier alpha value is -3.12. The minimum atomic E-state index is -3.93. The van der Waals surface area contributed by atoms with E-state index in [-0.39, 0.29) is 16.5 Å². The van der Waals surface area contributed by atoms with E-state index in [1.807, 2.05) is 24.5 Å². The van der Waals surface area contributed by atoms with Crippen LogP contribution in [0.15, 0.2) is 70.5 Å². The van der Waals surface area contributed by atoms with Gasteiger partial charge in [-0.25, -0.2) is 12.4 Å². The maximum atomic E-state index is 13.9. The monoisotopic (exact) mass is 539 g/mol. The smallest absolute Gasteiger partial charge is 0.271 e. The number of aryl methyl sites for hydroxylation is 1. The fourth-order valence-corrected chi connectivity index (χ4v) is 6.69. The summed E-state index contributed by atoms with van der Waals surface area (Å²) >= 11 is 1.55. The van der Waals surface area contributed by atoms with E-state index >= 15 is 0 Å². The van der Waals surface area contributed by atoms with Crippen LogP contribution in [0.3, 0.4) is 0 Å². The molecule has 2 aromatic heterocycles. The number of benzene rings is 2. The lowest BCUT2D eigenvalue weighted by atomic mass is 10.2. The van der Waals surface area contributed by atoms with Crippen molar-refractivity contribution >= 4 is 38.6 Å². The lowest BCUT2D eigenvalue weighted by molar-refractivity contribution is 0.0383. The van der Waals surface area contributed by atoms with Crippen LogP contribution in [0, 0.1) is 0 Å². The molecule has 1 amide bonds. The predicted molar refractivity (Wildman–Crippen MR) is 145 cm³/mol. The van der Waals surface area contributed by atoms with Gasteiger partial charge in [0.1, 0.15) is 0 Å². The lowest BCUT2D eigenvalue weighted by Gasteiger charge is -2.26. The molecule has 4 aromatic rings. The molecule has 37 heavy (non-hydrogen) atoms. The average Bonchev–Trinajstić information content (AvgIpc) is 3.50.